The summed E-state index contributed by atoms with van der Waals surface area (Å²) in [4.78, 5) is 25.1. The van der Waals surface area contributed by atoms with Gasteiger partial charge in [0, 0.05) is 5.02 Å². The van der Waals surface area contributed by atoms with Crippen LogP contribution in [0, 0.1) is 16.7 Å². The number of halogens is 1. The standard InChI is InChI=1S/C23H18ClNO4/c1-23(2,3)22(27)29-20-18(12-14-4-6-15(13-25)7-5-14)28-21(26)19(20)16-8-10-17(24)11-9-16/h4-12H,1-3H3/b18-12-. The molecular weight excluding hydrogens is 390 g/mol. The van der Waals surface area contributed by atoms with Crippen molar-refractivity contribution in [2.45, 2.75) is 20.8 Å². The lowest BCUT2D eigenvalue weighted by atomic mass is 9.97. The van der Waals surface area contributed by atoms with Crippen LogP contribution in [0.2, 0.25) is 5.02 Å². The third-order valence-corrected chi connectivity index (χ3v) is 4.39. The molecule has 146 valence electrons. The Bertz CT molecular complexity index is 1070. The molecule has 0 fully saturated rings. The smallest absolute Gasteiger partial charge is 0.348 e. The Kier molecular flexibility index (Phi) is 5.58. The number of benzene rings is 2. The molecule has 1 aliphatic heterocycles. The van der Waals surface area contributed by atoms with Crippen LogP contribution in [0.25, 0.3) is 11.6 Å². The number of nitrogens with zero attached hydrogens (tertiary/aromatic N) is 1. The summed E-state index contributed by atoms with van der Waals surface area (Å²) in [5.41, 5.74) is 1.10. The number of rotatable bonds is 3. The normalized spacial score (nSPS) is 15.3. The van der Waals surface area contributed by atoms with E-state index in [0.29, 0.717) is 21.7 Å². The second-order valence-electron chi connectivity index (χ2n) is 7.48. The Balaban J connectivity index is 2.10. The average molecular weight is 408 g/mol. The first-order valence-corrected chi connectivity index (χ1v) is 9.24. The Morgan fingerprint density at radius 2 is 1.72 bits per heavy atom. The van der Waals surface area contributed by atoms with E-state index < -0.39 is 17.4 Å². The van der Waals surface area contributed by atoms with Gasteiger partial charge in [0.25, 0.3) is 0 Å². The lowest BCUT2D eigenvalue weighted by molar-refractivity contribution is -0.148. The Morgan fingerprint density at radius 1 is 1.10 bits per heavy atom. The first-order valence-electron chi connectivity index (χ1n) is 8.86. The third-order valence-electron chi connectivity index (χ3n) is 4.14. The molecule has 0 amide bonds. The molecule has 3 rings (SSSR count). The second-order valence-corrected chi connectivity index (χ2v) is 7.92. The highest BCUT2D eigenvalue weighted by Crippen LogP contribution is 2.36. The molecule has 0 spiro atoms. The summed E-state index contributed by atoms with van der Waals surface area (Å²) in [7, 11) is 0. The summed E-state index contributed by atoms with van der Waals surface area (Å²) in [6.07, 6.45) is 1.59. The molecule has 0 aromatic heterocycles. The van der Waals surface area contributed by atoms with Crippen molar-refractivity contribution in [1.29, 1.82) is 5.26 Å². The first kappa shape index (κ1) is 20.4. The number of carbonyl (C=O) groups excluding carboxylic acids is 2. The van der Waals surface area contributed by atoms with E-state index in [9.17, 15) is 9.59 Å². The van der Waals surface area contributed by atoms with Gasteiger partial charge in [-0.05, 0) is 62.2 Å². The summed E-state index contributed by atoms with van der Waals surface area (Å²) in [6.45, 7) is 5.17. The van der Waals surface area contributed by atoms with Gasteiger partial charge >= 0.3 is 11.9 Å². The molecule has 0 bridgehead atoms. The van der Waals surface area contributed by atoms with Crippen LogP contribution in [-0.2, 0) is 19.1 Å². The van der Waals surface area contributed by atoms with Crippen molar-refractivity contribution >= 4 is 35.2 Å². The minimum absolute atomic E-state index is 0.0570. The van der Waals surface area contributed by atoms with Crippen molar-refractivity contribution < 1.29 is 19.1 Å². The van der Waals surface area contributed by atoms with Gasteiger partial charge in [-0.25, -0.2) is 4.79 Å². The minimum atomic E-state index is -0.775. The molecule has 1 heterocycles. The first-order chi connectivity index (χ1) is 13.7. The summed E-state index contributed by atoms with van der Waals surface area (Å²) >= 11 is 5.94. The summed E-state index contributed by atoms with van der Waals surface area (Å²) in [5.74, 6) is -0.934. The molecule has 0 atom stereocenters. The van der Waals surface area contributed by atoms with Gasteiger partial charge in [0.2, 0.25) is 0 Å². The number of esters is 2. The lowest BCUT2D eigenvalue weighted by Gasteiger charge is -2.17. The molecule has 5 nitrogen and oxygen atoms in total. The second kappa shape index (κ2) is 7.94. The Hall–Kier alpha value is -3.36. The molecule has 0 saturated carbocycles. The zero-order valence-electron chi connectivity index (χ0n) is 16.2. The minimum Gasteiger partial charge on any atom is -0.421 e. The summed E-state index contributed by atoms with van der Waals surface area (Å²) in [5, 5.41) is 9.45. The third kappa shape index (κ3) is 4.56. The van der Waals surface area contributed by atoms with E-state index in [1.165, 1.54) is 0 Å². The van der Waals surface area contributed by atoms with Crippen LogP contribution in [-0.4, -0.2) is 11.9 Å². The largest absolute Gasteiger partial charge is 0.421 e. The molecular formula is C23H18ClNO4. The maximum atomic E-state index is 12.6. The van der Waals surface area contributed by atoms with Gasteiger partial charge in [-0.15, -0.1) is 0 Å². The van der Waals surface area contributed by atoms with Crippen LogP contribution in [0.3, 0.4) is 0 Å². The quantitative estimate of drug-likeness (QED) is 0.661. The van der Waals surface area contributed by atoms with Crippen LogP contribution < -0.4 is 0 Å². The van der Waals surface area contributed by atoms with E-state index in [2.05, 4.69) is 0 Å². The molecule has 6 heteroatoms. The van der Waals surface area contributed by atoms with Crippen molar-refractivity contribution in [2.24, 2.45) is 5.41 Å². The van der Waals surface area contributed by atoms with Crippen LogP contribution in [0.15, 0.2) is 60.0 Å². The van der Waals surface area contributed by atoms with Gasteiger partial charge < -0.3 is 9.47 Å². The Labute approximate surface area is 173 Å². The van der Waals surface area contributed by atoms with Gasteiger partial charge in [0.15, 0.2) is 11.5 Å². The number of ether oxygens (including phenoxy) is 2. The van der Waals surface area contributed by atoms with Crippen molar-refractivity contribution in [3.63, 3.8) is 0 Å². The van der Waals surface area contributed by atoms with Gasteiger partial charge in [0.1, 0.15) is 5.57 Å². The van der Waals surface area contributed by atoms with Gasteiger partial charge in [-0.3, -0.25) is 4.79 Å². The average Bonchev–Trinajstić information content (AvgIpc) is 2.97. The topological polar surface area (TPSA) is 76.4 Å². The van der Waals surface area contributed by atoms with E-state index in [4.69, 9.17) is 26.3 Å². The lowest BCUT2D eigenvalue weighted by Crippen LogP contribution is -2.23. The monoisotopic (exact) mass is 407 g/mol. The molecule has 1 aliphatic rings. The Morgan fingerprint density at radius 3 is 2.28 bits per heavy atom. The van der Waals surface area contributed by atoms with Crippen molar-refractivity contribution in [1.82, 2.24) is 0 Å². The highest BCUT2D eigenvalue weighted by atomic mass is 35.5. The maximum absolute atomic E-state index is 12.6. The molecule has 0 aliphatic carbocycles. The molecule has 0 N–H and O–H groups in total. The van der Waals surface area contributed by atoms with Gasteiger partial charge in [0.05, 0.1) is 17.0 Å². The van der Waals surface area contributed by atoms with Crippen molar-refractivity contribution in [3.05, 3.63) is 81.8 Å². The van der Waals surface area contributed by atoms with Gasteiger partial charge in [-0.1, -0.05) is 35.9 Å². The van der Waals surface area contributed by atoms with Crippen LogP contribution in [0.5, 0.6) is 0 Å². The fourth-order valence-electron chi connectivity index (χ4n) is 2.53. The van der Waals surface area contributed by atoms with Crippen LogP contribution in [0.1, 0.15) is 37.5 Å². The molecule has 0 radical (unpaired) electrons. The molecule has 0 unspecified atom stereocenters. The SMILES string of the molecule is CC(C)(C)C(=O)OC1=C(c2ccc(Cl)cc2)C(=O)O/C1=C\c1ccc(C#N)cc1. The summed E-state index contributed by atoms with van der Waals surface area (Å²) < 4.78 is 11.0. The van der Waals surface area contributed by atoms with Crippen molar-refractivity contribution in [2.75, 3.05) is 0 Å². The highest BCUT2D eigenvalue weighted by molar-refractivity contribution is 6.30. The maximum Gasteiger partial charge on any atom is 0.348 e. The number of nitriles is 1. The predicted molar refractivity (Wildman–Crippen MR) is 109 cm³/mol. The zero-order chi connectivity index (χ0) is 21.2. The molecule has 2 aromatic rings. The fourth-order valence-corrected chi connectivity index (χ4v) is 2.65. The predicted octanol–water partition coefficient (Wildman–Crippen LogP) is 5.11. The van der Waals surface area contributed by atoms with Crippen molar-refractivity contribution in [3.8, 4) is 6.07 Å². The van der Waals surface area contributed by atoms with Gasteiger partial charge in [-0.2, -0.15) is 5.26 Å². The number of cyclic esters (lactones) is 1. The molecule has 29 heavy (non-hydrogen) atoms. The van der Waals surface area contributed by atoms with E-state index in [0.717, 1.165) is 0 Å². The molecule has 0 saturated heterocycles. The van der Waals surface area contributed by atoms with E-state index in [-0.39, 0.29) is 17.1 Å². The van der Waals surface area contributed by atoms with E-state index in [1.807, 2.05) is 6.07 Å². The van der Waals surface area contributed by atoms with Crippen LogP contribution >= 0.6 is 11.6 Å². The van der Waals surface area contributed by atoms with Crippen LogP contribution in [0.4, 0.5) is 0 Å². The number of hydrogen-bond acceptors (Lipinski definition) is 5. The fraction of sp³-hybridized carbons (Fsp3) is 0.174. The number of hydrogen-bond donors (Lipinski definition) is 0. The highest BCUT2D eigenvalue weighted by Gasteiger charge is 2.36. The zero-order valence-corrected chi connectivity index (χ0v) is 16.9. The van der Waals surface area contributed by atoms with E-state index >= 15 is 0 Å². The molecule has 2 aromatic carbocycles. The van der Waals surface area contributed by atoms with E-state index in [1.54, 1.807) is 75.4 Å². The number of carbonyl (C=O) groups is 2. The summed E-state index contributed by atoms with van der Waals surface area (Å²) in [6, 6.07) is 15.4.